The Kier molecular flexibility index (Phi) is 2.83. The van der Waals surface area contributed by atoms with E-state index in [9.17, 15) is 0 Å². The van der Waals surface area contributed by atoms with Crippen molar-refractivity contribution in [1.82, 2.24) is 4.98 Å². The van der Waals surface area contributed by atoms with E-state index in [0.29, 0.717) is 5.56 Å². The van der Waals surface area contributed by atoms with Crippen molar-refractivity contribution in [3.05, 3.63) is 66.5 Å². The maximum Gasteiger partial charge on any atom is 0.101 e. The summed E-state index contributed by atoms with van der Waals surface area (Å²) < 4.78 is 0. The highest BCUT2D eigenvalue weighted by Crippen LogP contribution is 2.27. The molecule has 0 aliphatic heterocycles. The van der Waals surface area contributed by atoms with Gasteiger partial charge in [0, 0.05) is 17.3 Å². The molecule has 0 fully saturated rings. The predicted octanol–water partition coefficient (Wildman–Crippen LogP) is 3.85. The Balaban J connectivity index is 2.09. The molecule has 0 radical (unpaired) electrons. The normalized spacial score (nSPS) is 10.1. The minimum atomic E-state index is 0.586. The first-order valence-electron chi connectivity index (χ1n) is 5.97. The number of nitrogens with zero attached hydrogens (tertiary/aromatic N) is 2. The van der Waals surface area contributed by atoms with E-state index in [1.54, 1.807) is 18.5 Å². The van der Waals surface area contributed by atoms with Crippen molar-refractivity contribution in [3.8, 4) is 6.07 Å². The van der Waals surface area contributed by atoms with Crippen LogP contribution in [0.3, 0.4) is 0 Å². The van der Waals surface area contributed by atoms with Crippen molar-refractivity contribution < 1.29 is 0 Å². The topological polar surface area (TPSA) is 48.7 Å². The van der Waals surface area contributed by atoms with Crippen LogP contribution in [-0.4, -0.2) is 4.98 Å². The maximum atomic E-state index is 9.09. The molecule has 1 aromatic heterocycles. The third kappa shape index (κ3) is 2.12. The number of nitrogens with one attached hydrogen (secondary N) is 1. The summed E-state index contributed by atoms with van der Waals surface area (Å²) in [6.45, 7) is 0. The summed E-state index contributed by atoms with van der Waals surface area (Å²) in [6, 6.07) is 18.1. The second kappa shape index (κ2) is 4.79. The zero-order valence-electron chi connectivity index (χ0n) is 10.2. The van der Waals surface area contributed by atoms with E-state index >= 15 is 0 Å². The molecule has 3 aromatic rings. The van der Waals surface area contributed by atoms with Crippen LogP contribution < -0.4 is 5.32 Å². The molecule has 0 aliphatic carbocycles. The molecule has 90 valence electrons. The molecule has 1 heterocycles. The summed E-state index contributed by atoms with van der Waals surface area (Å²) in [5, 5.41) is 14.7. The largest absolute Gasteiger partial charge is 0.353 e. The number of aromatic nitrogens is 1. The molecule has 2 aromatic carbocycles. The summed E-state index contributed by atoms with van der Waals surface area (Å²) in [7, 11) is 0. The Labute approximate surface area is 111 Å². The van der Waals surface area contributed by atoms with Crippen molar-refractivity contribution in [3.63, 3.8) is 0 Å². The van der Waals surface area contributed by atoms with E-state index in [-0.39, 0.29) is 0 Å². The molecule has 0 atom stereocenters. The second-order valence-electron chi connectivity index (χ2n) is 4.18. The van der Waals surface area contributed by atoms with Gasteiger partial charge in [-0.05, 0) is 17.5 Å². The van der Waals surface area contributed by atoms with Gasteiger partial charge in [0.05, 0.1) is 17.4 Å². The molecule has 0 aliphatic rings. The Morgan fingerprint density at radius 2 is 1.79 bits per heavy atom. The molecule has 0 unspecified atom stereocenters. The highest BCUT2D eigenvalue weighted by molar-refractivity contribution is 5.95. The van der Waals surface area contributed by atoms with E-state index in [2.05, 4.69) is 34.6 Å². The van der Waals surface area contributed by atoms with E-state index in [1.165, 1.54) is 0 Å². The highest BCUT2D eigenvalue weighted by atomic mass is 14.9. The fourth-order valence-corrected chi connectivity index (χ4v) is 2.07. The van der Waals surface area contributed by atoms with Crippen molar-refractivity contribution in [2.45, 2.75) is 0 Å². The zero-order valence-corrected chi connectivity index (χ0v) is 10.2. The van der Waals surface area contributed by atoms with Crippen LogP contribution in [0.5, 0.6) is 0 Å². The molecule has 19 heavy (non-hydrogen) atoms. The molecule has 0 saturated carbocycles. The summed E-state index contributed by atoms with van der Waals surface area (Å²) in [5.41, 5.74) is 2.28. The van der Waals surface area contributed by atoms with E-state index < -0.39 is 0 Å². The number of hydrogen-bond donors (Lipinski definition) is 1. The highest BCUT2D eigenvalue weighted by Gasteiger charge is 2.04. The van der Waals surface area contributed by atoms with Gasteiger partial charge in [0.25, 0.3) is 0 Å². The Hall–Kier alpha value is -2.86. The van der Waals surface area contributed by atoms with E-state index in [1.807, 2.05) is 24.3 Å². The molecule has 3 heteroatoms. The number of fused-ring (bicyclic) bond motifs is 1. The smallest absolute Gasteiger partial charge is 0.101 e. The van der Waals surface area contributed by atoms with Gasteiger partial charge < -0.3 is 5.32 Å². The monoisotopic (exact) mass is 245 g/mol. The lowest BCUT2D eigenvalue weighted by Gasteiger charge is -2.10. The molecule has 1 N–H and O–H groups in total. The first kappa shape index (κ1) is 11.2. The molecule has 0 saturated heterocycles. The quantitative estimate of drug-likeness (QED) is 0.746. The number of hydrogen-bond acceptors (Lipinski definition) is 3. The van der Waals surface area contributed by atoms with Crippen LogP contribution in [0.4, 0.5) is 11.4 Å². The summed E-state index contributed by atoms with van der Waals surface area (Å²) in [5.74, 6) is 0. The molecule has 0 amide bonds. The lowest BCUT2D eigenvalue weighted by Crippen LogP contribution is -1.95. The summed E-state index contributed by atoms with van der Waals surface area (Å²) in [6.07, 6.45) is 3.28. The standard InChI is InChI=1S/C16H11N3/c17-10-13-8-9-18-11-16(13)19-15-7-3-5-12-4-1-2-6-14(12)15/h1-9,11,19H. The lowest BCUT2D eigenvalue weighted by molar-refractivity contribution is 1.30. The van der Waals surface area contributed by atoms with Gasteiger partial charge in [-0.15, -0.1) is 0 Å². The molecule has 0 spiro atoms. The third-order valence-electron chi connectivity index (χ3n) is 3.00. The minimum absolute atomic E-state index is 0.586. The predicted molar refractivity (Wildman–Crippen MR) is 76.2 cm³/mol. The van der Waals surface area contributed by atoms with Crippen LogP contribution in [0.1, 0.15) is 5.56 Å². The maximum absolute atomic E-state index is 9.09. The Morgan fingerprint density at radius 1 is 0.947 bits per heavy atom. The Bertz CT molecular complexity index is 767. The van der Waals surface area contributed by atoms with Crippen LogP contribution in [0.25, 0.3) is 10.8 Å². The van der Waals surface area contributed by atoms with Crippen LogP contribution in [-0.2, 0) is 0 Å². The van der Waals surface area contributed by atoms with Gasteiger partial charge in [-0.3, -0.25) is 4.98 Å². The van der Waals surface area contributed by atoms with Crippen LogP contribution in [0.15, 0.2) is 60.9 Å². The van der Waals surface area contributed by atoms with Crippen molar-refractivity contribution >= 4 is 22.1 Å². The van der Waals surface area contributed by atoms with Gasteiger partial charge in [0.2, 0.25) is 0 Å². The minimum Gasteiger partial charge on any atom is -0.353 e. The van der Waals surface area contributed by atoms with Gasteiger partial charge >= 0.3 is 0 Å². The molecular formula is C16H11N3. The van der Waals surface area contributed by atoms with Gasteiger partial charge in [-0.1, -0.05) is 36.4 Å². The molecule has 3 rings (SSSR count). The average molecular weight is 245 g/mol. The summed E-state index contributed by atoms with van der Waals surface area (Å²) >= 11 is 0. The number of rotatable bonds is 2. The van der Waals surface area contributed by atoms with Gasteiger partial charge in [-0.2, -0.15) is 5.26 Å². The number of nitriles is 1. The molecule has 0 bridgehead atoms. The lowest BCUT2D eigenvalue weighted by atomic mass is 10.1. The number of benzene rings is 2. The first-order chi connectivity index (χ1) is 9.38. The number of anilines is 2. The molecular weight excluding hydrogens is 234 g/mol. The number of pyridine rings is 1. The fourth-order valence-electron chi connectivity index (χ4n) is 2.07. The van der Waals surface area contributed by atoms with Gasteiger partial charge in [0.15, 0.2) is 0 Å². The van der Waals surface area contributed by atoms with E-state index in [0.717, 1.165) is 22.1 Å². The van der Waals surface area contributed by atoms with Crippen LogP contribution in [0.2, 0.25) is 0 Å². The zero-order chi connectivity index (χ0) is 13.1. The van der Waals surface area contributed by atoms with Crippen LogP contribution in [0, 0.1) is 11.3 Å². The van der Waals surface area contributed by atoms with Gasteiger partial charge in [0.1, 0.15) is 6.07 Å². The fraction of sp³-hybridized carbons (Fsp3) is 0. The molecule has 3 nitrogen and oxygen atoms in total. The average Bonchev–Trinajstić information content (AvgIpc) is 2.48. The summed E-state index contributed by atoms with van der Waals surface area (Å²) in [4.78, 5) is 4.06. The van der Waals surface area contributed by atoms with Crippen molar-refractivity contribution in [1.29, 1.82) is 5.26 Å². The first-order valence-corrected chi connectivity index (χ1v) is 5.97. The third-order valence-corrected chi connectivity index (χ3v) is 3.00. The SMILES string of the molecule is N#Cc1ccncc1Nc1cccc2ccccc12. The van der Waals surface area contributed by atoms with Crippen molar-refractivity contribution in [2.75, 3.05) is 5.32 Å². The van der Waals surface area contributed by atoms with Crippen LogP contribution >= 0.6 is 0 Å². The van der Waals surface area contributed by atoms with E-state index in [4.69, 9.17) is 5.26 Å². The van der Waals surface area contributed by atoms with Gasteiger partial charge in [-0.25, -0.2) is 0 Å². The van der Waals surface area contributed by atoms with Crippen molar-refractivity contribution in [2.24, 2.45) is 0 Å². The second-order valence-corrected chi connectivity index (χ2v) is 4.18. The Morgan fingerprint density at radius 3 is 2.68 bits per heavy atom.